The first kappa shape index (κ1) is 13.8. The highest BCUT2D eigenvalue weighted by Gasteiger charge is 2.30. The van der Waals surface area contributed by atoms with E-state index in [1.54, 1.807) is 0 Å². The van der Waals surface area contributed by atoms with E-state index >= 15 is 0 Å². The molecule has 0 amide bonds. The fourth-order valence-electron chi connectivity index (χ4n) is 3.06. The lowest BCUT2D eigenvalue weighted by Crippen LogP contribution is -2.39. The maximum absolute atomic E-state index is 9.38. The van der Waals surface area contributed by atoms with Gasteiger partial charge in [-0.05, 0) is 24.3 Å². The third kappa shape index (κ3) is 2.44. The van der Waals surface area contributed by atoms with Crippen LogP contribution in [0.4, 0.5) is 5.69 Å². The number of hydrogen-bond donors (Lipinski definition) is 0. The summed E-state index contributed by atoms with van der Waals surface area (Å²) in [5, 5.41) is 18.7. The van der Waals surface area contributed by atoms with Gasteiger partial charge < -0.3 is 4.90 Å². The molecule has 0 atom stereocenters. The molecular weight excluding hydrogens is 260 g/mol. The second-order valence-electron chi connectivity index (χ2n) is 6.18. The van der Waals surface area contributed by atoms with E-state index in [-0.39, 0.29) is 0 Å². The summed E-state index contributed by atoms with van der Waals surface area (Å²) >= 11 is 0. The standard InChI is InChI=1S/C17H20N4/c1-3-17(2)8-10-21(11-9-17)16-13-6-4-5-7-14(13)19-20-15(16)12-18/h4-7H,3,8-11H2,1-2H3. The second kappa shape index (κ2) is 5.33. The topological polar surface area (TPSA) is 52.8 Å². The van der Waals surface area contributed by atoms with Gasteiger partial charge in [0.05, 0.1) is 11.2 Å². The molecule has 21 heavy (non-hydrogen) atoms. The summed E-state index contributed by atoms with van der Waals surface area (Å²) in [5.41, 5.74) is 2.69. The summed E-state index contributed by atoms with van der Waals surface area (Å²) in [4.78, 5) is 2.31. The molecule has 1 aromatic carbocycles. The SMILES string of the molecule is CCC1(C)CCN(c2c(C#N)nnc3ccccc23)CC1. The van der Waals surface area contributed by atoms with Crippen molar-refractivity contribution >= 4 is 16.6 Å². The van der Waals surface area contributed by atoms with Gasteiger partial charge in [0.1, 0.15) is 6.07 Å². The van der Waals surface area contributed by atoms with Gasteiger partial charge in [-0.1, -0.05) is 38.5 Å². The molecule has 1 fully saturated rings. The lowest BCUT2D eigenvalue weighted by atomic mass is 9.78. The Morgan fingerprint density at radius 3 is 2.62 bits per heavy atom. The van der Waals surface area contributed by atoms with E-state index in [0.717, 1.165) is 42.5 Å². The molecule has 1 aliphatic rings. The molecular formula is C17H20N4. The molecule has 2 heterocycles. The third-order valence-corrected chi connectivity index (χ3v) is 4.89. The maximum Gasteiger partial charge on any atom is 0.187 e. The van der Waals surface area contributed by atoms with Gasteiger partial charge in [0.25, 0.3) is 0 Å². The van der Waals surface area contributed by atoms with E-state index in [4.69, 9.17) is 0 Å². The first-order chi connectivity index (χ1) is 10.2. The number of benzene rings is 1. The number of aromatic nitrogens is 2. The summed E-state index contributed by atoms with van der Waals surface area (Å²) in [7, 11) is 0. The highest BCUT2D eigenvalue weighted by Crippen LogP contribution is 2.38. The smallest absolute Gasteiger partial charge is 0.187 e. The number of anilines is 1. The average molecular weight is 280 g/mol. The number of piperidine rings is 1. The van der Waals surface area contributed by atoms with Gasteiger partial charge in [0.15, 0.2) is 5.69 Å². The quantitative estimate of drug-likeness (QED) is 0.844. The zero-order chi connectivity index (χ0) is 14.9. The molecule has 0 radical (unpaired) electrons. The minimum Gasteiger partial charge on any atom is -0.369 e. The van der Waals surface area contributed by atoms with Gasteiger partial charge in [-0.3, -0.25) is 0 Å². The molecule has 4 heteroatoms. The van der Waals surface area contributed by atoms with Crippen LogP contribution in [-0.4, -0.2) is 23.3 Å². The van der Waals surface area contributed by atoms with E-state index in [1.807, 2.05) is 24.3 Å². The average Bonchev–Trinajstić information content (AvgIpc) is 2.55. The predicted molar refractivity (Wildman–Crippen MR) is 84.1 cm³/mol. The fourth-order valence-corrected chi connectivity index (χ4v) is 3.06. The molecule has 3 rings (SSSR count). The molecule has 0 aliphatic carbocycles. The normalized spacial score (nSPS) is 17.7. The number of nitriles is 1. The lowest BCUT2D eigenvalue weighted by Gasteiger charge is -2.40. The Bertz CT molecular complexity index is 693. The number of nitrogens with zero attached hydrogens (tertiary/aromatic N) is 4. The first-order valence-electron chi connectivity index (χ1n) is 7.57. The van der Waals surface area contributed by atoms with Crippen LogP contribution in [0.5, 0.6) is 0 Å². The molecule has 2 aromatic rings. The second-order valence-corrected chi connectivity index (χ2v) is 6.18. The highest BCUT2D eigenvalue weighted by molar-refractivity contribution is 5.93. The van der Waals surface area contributed by atoms with E-state index in [0.29, 0.717) is 11.1 Å². The molecule has 1 aliphatic heterocycles. The Morgan fingerprint density at radius 2 is 1.95 bits per heavy atom. The Kier molecular flexibility index (Phi) is 3.50. The Balaban J connectivity index is 2.02. The van der Waals surface area contributed by atoms with Crippen LogP contribution in [0, 0.1) is 16.7 Å². The van der Waals surface area contributed by atoms with Gasteiger partial charge in [-0.2, -0.15) is 5.26 Å². The van der Waals surface area contributed by atoms with Gasteiger partial charge in [-0.15, -0.1) is 10.2 Å². The van der Waals surface area contributed by atoms with Crippen molar-refractivity contribution in [2.45, 2.75) is 33.1 Å². The van der Waals surface area contributed by atoms with Gasteiger partial charge >= 0.3 is 0 Å². The van der Waals surface area contributed by atoms with Crippen molar-refractivity contribution in [3.8, 4) is 6.07 Å². The van der Waals surface area contributed by atoms with Gasteiger partial charge in [0.2, 0.25) is 0 Å². The van der Waals surface area contributed by atoms with Crippen LogP contribution in [0.15, 0.2) is 24.3 Å². The van der Waals surface area contributed by atoms with Crippen LogP contribution in [0.1, 0.15) is 38.8 Å². The Labute approximate surface area is 125 Å². The van der Waals surface area contributed by atoms with Crippen molar-refractivity contribution in [1.29, 1.82) is 5.26 Å². The van der Waals surface area contributed by atoms with Crippen LogP contribution >= 0.6 is 0 Å². The molecule has 1 aromatic heterocycles. The number of rotatable bonds is 2. The molecule has 0 bridgehead atoms. The molecule has 0 N–H and O–H groups in total. The largest absolute Gasteiger partial charge is 0.369 e. The van der Waals surface area contributed by atoms with Gasteiger partial charge in [0, 0.05) is 18.5 Å². The summed E-state index contributed by atoms with van der Waals surface area (Å²) in [6.07, 6.45) is 3.53. The molecule has 1 saturated heterocycles. The Hall–Kier alpha value is -2.15. The van der Waals surface area contributed by atoms with Crippen molar-refractivity contribution in [2.24, 2.45) is 5.41 Å². The fraction of sp³-hybridized carbons (Fsp3) is 0.471. The van der Waals surface area contributed by atoms with Crippen molar-refractivity contribution in [2.75, 3.05) is 18.0 Å². The number of hydrogen-bond acceptors (Lipinski definition) is 4. The van der Waals surface area contributed by atoms with Crippen LogP contribution in [0.3, 0.4) is 0 Å². The summed E-state index contributed by atoms with van der Waals surface area (Å²) < 4.78 is 0. The molecule has 0 saturated carbocycles. The predicted octanol–water partition coefficient (Wildman–Crippen LogP) is 3.52. The van der Waals surface area contributed by atoms with Crippen LogP contribution in [0.2, 0.25) is 0 Å². The van der Waals surface area contributed by atoms with E-state index < -0.39 is 0 Å². The van der Waals surface area contributed by atoms with Crippen LogP contribution in [-0.2, 0) is 0 Å². The maximum atomic E-state index is 9.38. The van der Waals surface area contributed by atoms with Crippen LogP contribution < -0.4 is 4.90 Å². The first-order valence-corrected chi connectivity index (χ1v) is 7.57. The molecule has 0 spiro atoms. The van der Waals surface area contributed by atoms with Gasteiger partial charge in [-0.25, -0.2) is 0 Å². The van der Waals surface area contributed by atoms with E-state index in [9.17, 15) is 5.26 Å². The third-order valence-electron chi connectivity index (χ3n) is 4.89. The molecule has 0 unspecified atom stereocenters. The lowest BCUT2D eigenvalue weighted by molar-refractivity contribution is 0.238. The monoisotopic (exact) mass is 280 g/mol. The zero-order valence-electron chi connectivity index (χ0n) is 12.6. The van der Waals surface area contributed by atoms with Crippen molar-refractivity contribution in [3.05, 3.63) is 30.0 Å². The number of fused-ring (bicyclic) bond motifs is 1. The highest BCUT2D eigenvalue weighted by atomic mass is 15.2. The minimum absolute atomic E-state index is 0.430. The summed E-state index contributed by atoms with van der Waals surface area (Å²) in [6.45, 7) is 6.58. The van der Waals surface area contributed by atoms with Crippen molar-refractivity contribution in [1.82, 2.24) is 10.2 Å². The van der Waals surface area contributed by atoms with Crippen molar-refractivity contribution in [3.63, 3.8) is 0 Å². The minimum atomic E-state index is 0.430. The van der Waals surface area contributed by atoms with Crippen LogP contribution in [0.25, 0.3) is 10.9 Å². The van der Waals surface area contributed by atoms with E-state index in [1.165, 1.54) is 6.42 Å². The summed E-state index contributed by atoms with van der Waals surface area (Å²) in [5.74, 6) is 0. The summed E-state index contributed by atoms with van der Waals surface area (Å²) in [6, 6.07) is 10.1. The zero-order valence-corrected chi connectivity index (χ0v) is 12.6. The molecule has 4 nitrogen and oxygen atoms in total. The van der Waals surface area contributed by atoms with Crippen molar-refractivity contribution < 1.29 is 0 Å². The molecule has 108 valence electrons. The van der Waals surface area contributed by atoms with E-state index in [2.05, 4.69) is 35.0 Å². The Morgan fingerprint density at radius 1 is 1.24 bits per heavy atom.